The molecule has 0 spiro atoms. The van der Waals surface area contributed by atoms with Crippen LogP contribution in [0.2, 0.25) is 0 Å². The monoisotopic (exact) mass is 313 g/mol. The van der Waals surface area contributed by atoms with Crippen molar-refractivity contribution in [3.8, 4) is 0 Å². The van der Waals surface area contributed by atoms with Gasteiger partial charge in [-0.25, -0.2) is 9.97 Å². The first-order chi connectivity index (χ1) is 9.97. The minimum absolute atomic E-state index is 0.352. The van der Waals surface area contributed by atoms with E-state index in [0.29, 0.717) is 30.7 Å². The van der Waals surface area contributed by atoms with Crippen LogP contribution in [0.4, 0.5) is 5.69 Å². The lowest BCUT2D eigenvalue weighted by Crippen LogP contribution is -2.45. The van der Waals surface area contributed by atoms with Crippen LogP contribution in [-0.2, 0) is 10.2 Å². The maximum atomic E-state index is 12.4. The minimum atomic E-state index is -3.53. The number of nitrogens with zero attached hydrogens (tertiary/aromatic N) is 3. The highest BCUT2D eigenvalue weighted by molar-refractivity contribution is 7.90. The van der Waals surface area contributed by atoms with Crippen molar-refractivity contribution in [2.45, 2.75) is 32.7 Å². The Hall–Kier alpha value is -1.25. The summed E-state index contributed by atoms with van der Waals surface area (Å²) in [6.07, 6.45) is 6.21. The first-order valence-corrected chi connectivity index (χ1v) is 8.67. The van der Waals surface area contributed by atoms with Gasteiger partial charge < -0.3 is 5.32 Å². The van der Waals surface area contributed by atoms with Gasteiger partial charge in [-0.15, -0.1) is 0 Å². The van der Waals surface area contributed by atoms with Gasteiger partial charge in [-0.1, -0.05) is 13.8 Å². The molecule has 1 aliphatic heterocycles. The molecule has 0 aromatic carbocycles. The Morgan fingerprint density at radius 3 is 2.76 bits per heavy atom. The highest BCUT2D eigenvalue weighted by atomic mass is 32.2. The molecule has 2 rings (SSSR count). The van der Waals surface area contributed by atoms with E-state index in [4.69, 9.17) is 0 Å². The summed E-state index contributed by atoms with van der Waals surface area (Å²) in [4.78, 5) is 7.62. The number of nitrogens with one attached hydrogen (secondary N) is 2. The van der Waals surface area contributed by atoms with Gasteiger partial charge in [-0.05, 0) is 25.3 Å². The van der Waals surface area contributed by atoms with Crippen molar-refractivity contribution in [2.75, 3.05) is 24.4 Å². The van der Waals surface area contributed by atoms with Crippen molar-refractivity contribution >= 4 is 15.9 Å². The third-order valence-corrected chi connectivity index (χ3v) is 4.95. The van der Waals surface area contributed by atoms with Crippen molar-refractivity contribution in [1.29, 1.82) is 0 Å². The van der Waals surface area contributed by atoms with Crippen LogP contribution in [0.5, 0.6) is 0 Å². The average Bonchev–Trinajstić information content (AvgIpc) is 2.46. The summed E-state index contributed by atoms with van der Waals surface area (Å²) in [5.74, 6) is 0.352. The number of hydrogen-bond acceptors (Lipinski definition) is 5. The molecule has 118 valence electrons. The molecule has 21 heavy (non-hydrogen) atoms. The molecule has 1 fully saturated rings. The van der Waals surface area contributed by atoms with Gasteiger partial charge in [0.2, 0.25) is 0 Å². The maximum Gasteiger partial charge on any atom is 0.301 e. The molecule has 1 aliphatic rings. The first-order valence-electron chi connectivity index (χ1n) is 7.23. The Kier molecular flexibility index (Phi) is 5.49. The van der Waals surface area contributed by atoms with E-state index in [2.05, 4.69) is 33.9 Å². The fourth-order valence-corrected chi connectivity index (χ4v) is 3.69. The molecule has 2 heterocycles. The summed E-state index contributed by atoms with van der Waals surface area (Å²) in [7, 11) is -3.53. The van der Waals surface area contributed by atoms with Gasteiger partial charge in [-0.3, -0.25) is 4.72 Å². The Labute approximate surface area is 126 Å². The molecule has 0 aliphatic carbocycles. The third kappa shape index (κ3) is 4.90. The molecule has 0 bridgehead atoms. The molecule has 1 aromatic rings. The van der Waals surface area contributed by atoms with Gasteiger partial charge in [0.15, 0.2) is 0 Å². The van der Waals surface area contributed by atoms with Crippen molar-refractivity contribution in [3.63, 3.8) is 0 Å². The standard InChI is InChI=1S/C13H23N5O2S/c1-11(2)16-6-12-4-3-5-18(9-12)21(19,20)17-13-7-14-10-15-8-13/h7-8,10-12,16-17H,3-6,9H2,1-2H3. The van der Waals surface area contributed by atoms with Crippen LogP contribution >= 0.6 is 0 Å². The number of piperidine rings is 1. The number of rotatable bonds is 6. The van der Waals surface area contributed by atoms with Crippen molar-refractivity contribution in [3.05, 3.63) is 18.7 Å². The lowest BCUT2D eigenvalue weighted by atomic mass is 9.99. The zero-order chi connectivity index (χ0) is 15.3. The molecule has 8 heteroatoms. The summed E-state index contributed by atoms with van der Waals surface area (Å²) in [5, 5.41) is 3.37. The number of aromatic nitrogens is 2. The molecule has 0 amide bonds. The lowest BCUT2D eigenvalue weighted by molar-refractivity contribution is 0.257. The fraction of sp³-hybridized carbons (Fsp3) is 0.692. The summed E-state index contributed by atoms with van der Waals surface area (Å²) >= 11 is 0. The topological polar surface area (TPSA) is 87.2 Å². The molecule has 1 unspecified atom stereocenters. The highest BCUT2D eigenvalue weighted by Gasteiger charge is 2.28. The zero-order valence-electron chi connectivity index (χ0n) is 12.5. The average molecular weight is 313 g/mol. The third-order valence-electron chi connectivity index (χ3n) is 3.44. The van der Waals surface area contributed by atoms with Gasteiger partial charge in [0.1, 0.15) is 6.33 Å². The minimum Gasteiger partial charge on any atom is -0.314 e. The van der Waals surface area contributed by atoms with E-state index < -0.39 is 10.2 Å². The second kappa shape index (κ2) is 7.15. The van der Waals surface area contributed by atoms with E-state index in [0.717, 1.165) is 19.4 Å². The summed E-state index contributed by atoms with van der Waals surface area (Å²) < 4.78 is 28.8. The van der Waals surface area contributed by atoms with Crippen molar-refractivity contribution < 1.29 is 8.42 Å². The van der Waals surface area contributed by atoms with Crippen molar-refractivity contribution in [2.24, 2.45) is 5.92 Å². The molecule has 0 radical (unpaired) electrons. The van der Waals surface area contributed by atoms with Gasteiger partial charge >= 0.3 is 10.2 Å². The van der Waals surface area contributed by atoms with E-state index >= 15 is 0 Å². The summed E-state index contributed by atoms with van der Waals surface area (Å²) in [6.45, 7) is 6.13. The van der Waals surface area contributed by atoms with Crippen LogP contribution in [0.3, 0.4) is 0 Å². The zero-order valence-corrected chi connectivity index (χ0v) is 13.3. The van der Waals surface area contributed by atoms with Gasteiger partial charge in [0.05, 0.1) is 18.1 Å². The molecular weight excluding hydrogens is 290 g/mol. The van der Waals surface area contributed by atoms with Gasteiger partial charge in [0.25, 0.3) is 0 Å². The second-order valence-electron chi connectivity index (χ2n) is 5.66. The van der Waals surface area contributed by atoms with E-state index in [1.54, 1.807) is 0 Å². The van der Waals surface area contributed by atoms with E-state index in [1.165, 1.54) is 23.0 Å². The first kappa shape index (κ1) is 16.1. The van der Waals surface area contributed by atoms with Crippen LogP contribution in [0, 0.1) is 5.92 Å². The van der Waals surface area contributed by atoms with Crippen LogP contribution in [0.15, 0.2) is 18.7 Å². The highest BCUT2D eigenvalue weighted by Crippen LogP contribution is 2.20. The van der Waals surface area contributed by atoms with Crippen LogP contribution in [0.1, 0.15) is 26.7 Å². The van der Waals surface area contributed by atoms with Crippen LogP contribution in [0.25, 0.3) is 0 Å². The Balaban J connectivity index is 1.96. The van der Waals surface area contributed by atoms with Gasteiger partial charge in [0, 0.05) is 19.1 Å². The van der Waals surface area contributed by atoms with Crippen LogP contribution in [-0.4, -0.2) is 48.4 Å². The Morgan fingerprint density at radius 2 is 2.10 bits per heavy atom. The van der Waals surface area contributed by atoms with Gasteiger partial charge in [-0.2, -0.15) is 12.7 Å². The molecule has 7 nitrogen and oxygen atoms in total. The fourth-order valence-electron chi connectivity index (χ4n) is 2.38. The quantitative estimate of drug-likeness (QED) is 0.813. The SMILES string of the molecule is CC(C)NCC1CCCN(S(=O)(=O)Nc2cncnc2)C1. The molecule has 0 saturated carbocycles. The second-order valence-corrected chi connectivity index (χ2v) is 7.33. The Morgan fingerprint density at radius 1 is 1.38 bits per heavy atom. The molecule has 1 aromatic heterocycles. The van der Waals surface area contributed by atoms with E-state index in [9.17, 15) is 8.42 Å². The molecule has 1 saturated heterocycles. The molecule has 2 N–H and O–H groups in total. The predicted molar refractivity (Wildman–Crippen MR) is 82.0 cm³/mol. The predicted octanol–water partition coefficient (Wildman–Crippen LogP) is 0.843. The number of hydrogen-bond donors (Lipinski definition) is 2. The maximum absolute atomic E-state index is 12.4. The molecular formula is C13H23N5O2S. The van der Waals surface area contributed by atoms with Crippen molar-refractivity contribution in [1.82, 2.24) is 19.6 Å². The normalized spacial score (nSPS) is 20.6. The van der Waals surface area contributed by atoms with E-state index in [-0.39, 0.29) is 0 Å². The lowest BCUT2D eigenvalue weighted by Gasteiger charge is -2.32. The summed E-state index contributed by atoms with van der Waals surface area (Å²) in [5.41, 5.74) is 0.389. The molecule has 1 atom stereocenters. The summed E-state index contributed by atoms with van der Waals surface area (Å²) in [6, 6.07) is 0.413. The number of anilines is 1. The largest absolute Gasteiger partial charge is 0.314 e. The smallest absolute Gasteiger partial charge is 0.301 e. The van der Waals surface area contributed by atoms with Crippen LogP contribution < -0.4 is 10.0 Å². The van der Waals surface area contributed by atoms with E-state index in [1.807, 2.05) is 0 Å². The Bertz CT molecular complexity index is 535.